The molecule has 1 fully saturated rings. The highest BCUT2D eigenvalue weighted by atomic mass is 35.5. The van der Waals surface area contributed by atoms with Crippen molar-refractivity contribution in [3.05, 3.63) is 70.9 Å². The topological polar surface area (TPSA) is 45.2 Å². The minimum absolute atomic E-state index is 0.120. The smallest absolute Gasteiger partial charge is 0.323 e. The second-order valence-electron chi connectivity index (χ2n) is 7.15. The van der Waals surface area contributed by atoms with Gasteiger partial charge in [-0.3, -0.25) is 5.32 Å². The lowest BCUT2D eigenvalue weighted by atomic mass is 9.79. The molecule has 1 aromatic carbocycles. The Balaban J connectivity index is 1.66. The van der Waals surface area contributed by atoms with Crippen LogP contribution in [0.5, 0.6) is 0 Å². The molecule has 1 aliphatic rings. The number of hydrogen-bond donors (Lipinski definition) is 1. The highest BCUT2D eigenvalue weighted by Crippen LogP contribution is 2.34. The summed E-state index contributed by atoms with van der Waals surface area (Å²) in [4.78, 5) is 18.5. The van der Waals surface area contributed by atoms with Crippen LogP contribution in [-0.2, 0) is 0 Å². The Morgan fingerprint density at radius 3 is 2.85 bits per heavy atom. The number of halogens is 1. The first-order valence-electron chi connectivity index (χ1n) is 8.88. The molecule has 1 aromatic heterocycles. The van der Waals surface area contributed by atoms with Crippen LogP contribution in [0.1, 0.15) is 25.8 Å². The van der Waals surface area contributed by atoms with E-state index in [0.29, 0.717) is 23.9 Å². The van der Waals surface area contributed by atoms with Gasteiger partial charge in [0.05, 0.1) is 0 Å². The molecule has 0 unspecified atom stereocenters. The van der Waals surface area contributed by atoms with Gasteiger partial charge in [-0.05, 0) is 42.8 Å². The largest absolute Gasteiger partial charge is 0.323 e. The van der Waals surface area contributed by atoms with Gasteiger partial charge in [-0.1, -0.05) is 55.0 Å². The molecule has 0 saturated carbocycles. The number of benzene rings is 1. The van der Waals surface area contributed by atoms with E-state index in [1.807, 2.05) is 47.4 Å². The maximum absolute atomic E-state index is 12.5. The number of nitrogens with one attached hydrogen (secondary N) is 1. The quantitative estimate of drug-likeness (QED) is 0.710. The van der Waals surface area contributed by atoms with Crippen molar-refractivity contribution in [3.8, 4) is 11.8 Å². The Labute approximate surface area is 165 Å². The third kappa shape index (κ3) is 5.12. The molecule has 2 aromatic rings. The highest BCUT2D eigenvalue weighted by Gasteiger charge is 2.33. The van der Waals surface area contributed by atoms with Crippen LogP contribution in [0.3, 0.4) is 0 Å². The van der Waals surface area contributed by atoms with Crippen molar-refractivity contribution in [2.75, 3.05) is 18.4 Å². The molecule has 0 radical (unpaired) electrons. The Bertz CT molecular complexity index is 910. The van der Waals surface area contributed by atoms with E-state index in [4.69, 9.17) is 11.6 Å². The number of likely N-dealkylation sites (tertiary alicyclic amines) is 1. The van der Waals surface area contributed by atoms with E-state index in [1.54, 1.807) is 12.3 Å². The van der Waals surface area contributed by atoms with Gasteiger partial charge in [0.1, 0.15) is 5.82 Å². The van der Waals surface area contributed by atoms with Gasteiger partial charge < -0.3 is 4.90 Å². The van der Waals surface area contributed by atoms with Crippen LogP contribution in [-0.4, -0.2) is 29.0 Å². The van der Waals surface area contributed by atoms with Crippen LogP contribution < -0.4 is 5.32 Å². The van der Waals surface area contributed by atoms with Gasteiger partial charge in [-0.25, -0.2) is 9.78 Å². The number of piperidine rings is 1. The number of carbonyl (C=O) groups is 1. The van der Waals surface area contributed by atoms with Gasteiger partial charge in [0, 0.05) is 35.3 Å². The summed E-state index contributed by atoms with van der Waals surface area (Å²) in [6.45, 7) is 5.57. The maximum Gasteiger partial charge on any atom is 0.323 e. The number of allylic oxidation sites excluding steroid dienone is 1. The highest BCUT2D eigenvalue weighted by molar-refractivity contribution is 6.30. The normalized spacial score (nSPS) is 17.1. The third-order valence-corrected chi connectivity index (χ3v) is 4.82. The zero-order valence-corrected chi connectivity index (χ0v) is 16.3. The average molecular weight is 380 g/mol. The summed E-state index contributed by atoms with van der Waals surface area (Å²) in [6.07, 6.45) is 4.44. The standard InChI is InChI=1S/C22H22ClN3O/c1-22(2)16-26(21(27)25-20-11-3-4-13-24-20)14-12-18(22)9-5-7-17-8-6-10-19(23)15-17/h3-4,6,8-11,13,15H,12,14,16H2,1-2H3,(H,24,25,27)/b18-9+. The van der Waals surface area contributed by atoms with E-state index in [0.717, 1.165) is 12.0 Å². The minimum atomic E-state index is -0.136. The lowest BCUT2D eigenvalue weighted by Crippen LogP contribution is -2.46. The van der Waals surface area contributed by atoms with Gasteiger partial charge >= 0.3 is 6.03 Å². The van der Waals surface area contributed by atoms with Gasteiger partial charge in [0.2, 0.25) is 0 Å². The lowest BCUT2D eigenvalue weighted by Gasteiger charge is -2.40. The summed E-state index contributed by atoms with van der Waals surface area (Å²) in [6, 6.07) is 12.8. The fourth-order valence-electron chi connectivity index (χ4n) is 3.09. The molecule has 2 amide bonds. The van der Waals surface area contributed by atoms with Gasteiger partial charge in [-0.15, -0.1) is 0 Å². The molecule has 0 spiro atoms. The molecular weight excluding hydrogens is 358 g/mol. The number of pyridine rings is 1. The first-order chi connectivity index (χ1) is 12.9. The SMILES string of the molecule is CC1(C)CN(C(=O)Nc2ccccn2)CC/C1=C\C#Cc1cccc(Cl)c1. The first kappa shape index (κ1) is 19.0. The van der Waals surface area contributed by atoms with Gasteiger partial charge in [0.25, 0.3) is 0 Å². The molecule has 0 atom stereocenters. The van der Waals surface area contributed by atoms with E-state index < -0.39 is 0 Å². The van der Waals surface area contributed by atoms with Crippen LogP contribution in [0.25, 0.3) is 0 Å². The number of amides is 2. The molecule has 1 saturated heterocycles. The summed E-state index contributed by atoms with van der Waals surface area (Å²) in [5.74, 6) is 6.83. The van der Waals surface area contributed by atoms with Crippen molar-refractivity contribution in [2.24, 2.45) is 5.41 Å². The Kier molecular flexibility index (Phi) is 5.83. The predicted octanol–water partition coefficient (Wildman–Crippen LogP) is 4.98. The first-order valence-corrected chi connectivity index (χ1v) is 9.25. The minimum Gasteiger partial charge on any atom is -0.323 e. The Hall–Kier alpha value is -2.77. The molecule has 5 heteroatoms. The lowest BCUT2D eigenvalue weighted by molar-refractivity contribution is 0.172. The molecule has 138 valence electrons. The van der Waals surface area contributed by atoms with E-state index in [2.05, 4.69) is 36.0 Å². The molecular formula is C22H22ClN3O. The Morgan fingerprint density at radius 1 is 1.30 bits per heavy atom. The number of urea groups is 1. The van der Waals surface area contributed by atoms with Crippen molar-refractivity contribution >= 4 is 23.4 Å². The predicted molar refractivity (Wildman–Crippen MR) is 110 cm³/mol. The summed E-state index contributed by atoms with van der Waals surface area (Å²) in [5, 5.41) is 3.53. The number of hydrogen-bond acceptors (Lipinski definition) is 2. The van der Waals surface area contributed by atoms with Crippen molar-refractivity contribution in [2.45, 2.75) is 20.3 Å². The molecule has 2 heterocycles. The second-order valence-corrected chi connectivity index (χ2v) is 7.59. The van der Waals surface area contributed by atoms with Crippen LogP contribution in [0, 0.1) is 17.3 Å². The van der Waals surface area contributed by atoms with Gasteiger partial charge in [0.15, 0.2) is 0 Å². The second kappa shape index (κ2) is 8.28. The van der Waals surface area contributed by atoms with Crippen molar-refractivity contribution in [1.82, 2.24) is 9.88 Å². The van der Waals surface area contributed by atoms with E-state index in [1.165, 1.54) is 5.57 Å². The van der Waals surface area contributed by atoms with Crippen molar-refractivity contribution in [3.63, 3.8) is 0 Å². The zero-order valence-electron chi connectivity index (χ0n) is 15.5. The zero-order chi connectivity index (χ0) is 19.3. The fourth-order valence-corrected chi connectivity index (χ4v) is 3.28. The Morgan fingerprint density at radius 2 is 2.15 bits per heavy atom. The van der Waals surface area contributed by atoms with Crippen LogP contribution in [0.2, 0.25) is 5.02 Å². The van der Waals surface area contributed by atoms with Crippen molar-refractivity contribution < 1.29 is 4.79 Å². The molecule has 0 aliphatic carbocycles. The average Bonchev–Trinajstić information content (AvgIpc) is 2.63. The van der Waals surface area contributed by atoms with Crippen LogP contribution in [0.15, 0.2) is 60.3 Å². The molecule has 0 bridgehead atoms. The molecule has 1 N–H and O–H groups in total. The van der Waals surface area contributed by atoms with Crippen LogP contribution >= 0.6 is 11.6 Å². The molecule has 27 heavy (non-hydrogen) atoms. The van der Waals surface area contributed by atoms with Crippen molar-refractivity contribution in [1.29, 1.82) is 0 Å². The number of carbonyl (C=O) groups excluding carboxylic acids is 1. The number of nitrogens with zero attached hydrogens (tertiary/aromatic N) is 2. The fraction of sp³-hybridized carbons (Fsp3) is 0.273. The summed E-state index contributed by atoms with van der Waals surface area (Å²) < 4.78 is 0. The van der Waals surface area contributed by atoms with E-state index >= 15 is 0 Å². The molecule has 1 aliphatic heterocycles. The number of aromatic nitrogens is 1. The van der Waals surface area contributed by atoms with Crippen LogP contribution in [0.4, 0.5) is 10.6 Å². The molecule has 4 nitrogen and oxygen atoms in total. The molecule has 3 rings (SSSR count). The summed E-state index contributed by atoms with van der Waals surface area (Å²) >= 11 is 5.99. The third-order valence-electron chi connectivity index (χ3n) is 4.58. The van der Waals surface area contributed by atoms with Gasteiger partial charge in [-0.2, -0.15) is 0 Å². The summed E-state index contributed by atoms with van der Waals surface area (Å²) in [7, 11) is 0. The van der Waals surface area contributed by atoms with E-state index in [-0.39, 0.29) is 11.4 Å². The van der Waals surface area contributed by atoms with E-state index in [9.17, 15) is 4.79 Å². The number of anilines is 1. The number of rotatable bonds is 1. The summed E-state index contributed by atoms with van der Waals surface area (Å²) in [5.41, 5.74) is 2.01. The monoisotopic (exact) mass is 379 g/mol. The maximum atomic E-state index is 12.5.